The summed E-state index contributed by atoms with van der Waals surface area (Å²) in [5.41, 5.74) is 3.29. The van der Waals surface area contributed by atoms with Gasteiger partial charge in [0.15, 0.2) is 0 Å². The molecule has 0 saturated carbocycles. The molecular formula is C36H43N7O5. The molecule has 0 aliphatic carbocycles. The second-order valence-electron chi connectivity index (χ2n) is 13.0. The number of carbonyl (C=O) groups is 2. The number of nitrogens with zero attached hydrogens (tertiary/aromatic N) is 5. The van der Waals surface area contributed by atoms with Gasteiger partial charge in [-0.2, -0.15) is 4.98 Å². The number of hydrogen-bond acceptors (Lipinski definition) is 9. The van der Waals surface area contributed by atoms with E-state index >= 15 is 0 Å². The fraction of sp³-hybridized carbons (Fsp3) is 0.361. The summed E-state index contributed by atoms with van der Waals surface area (Å²) in [6.45, 7) is 15.5. The highest BCUT2D eigenvalue weighted by atomic mass is 16.5. The third-order valence-electron chi connectivity index (χ3n) is 8.49. The predicted molar refractivity (Wildman–Crippen MR) is 186 cm³/mol. The van der Waals surface area contributed by atoms with Crippen LogP contribution in [-0.2, 0) is 23.2 Å². The van der Waals surface area contributed by atoms with Gasteiger partial charge in [-0.3, -0.25) is 19.3 Å². The molecule has 1 fully saturated rings. The minimum absolute atomic E-state index is 0.0969. The van der Waals surface area contributed by atoms with E-state index in [2.05, 4.69) is 52.5 Å². The van der Waals surface area contributed by atoms with Crippen LogP contribution in [0.15, 0.2) is 84.1 Å². The second kappa shape index (κ2) is 14.3. The van der Waals surface area contributed by atoms with E-state index in [0.29, 0.717) is 53.0 Å². The number of nitrogens with one attached hydrogen (secondary N) is 2. The van der Waals surface area contributed by atoms with Crippen molar-refractivity contribution in [1.29, 1.82) is 0 Å². The Morgan fingerprint density at radius 2 is 2.00 bits per heavy atom. The molecule has 0 bridgehead atoms. The lowest BCUT2D eigenvalue weighted by atomic mass is 9.81. The van der Waals surface area contributed by atoms with Gasteiger partial charge in [0.1, 0.15) is 29.6 Å². The molecule has 252 valence electrons. The standard InChI is InChI=1S/C36H43N7O5/c1-7-31(45)38-24(3)22-48-32-10-8-9-30(40-32)39-28-18-25(20-41(6)34(28)46)26-11-13-37-33(27(26)21-44)43-16-15-42-14-12-36(4,5)19-23(2)17-29(42)35(43)47/h7-11,13,17-18,20,24,44H,1-2,12,14-16,19,21-22H2,3-6H3,(H,38,45)(H,39,40)/t24-/m0/s1. The maximum Gasteiger partial charge on any atom is 0.275 e. The molecule has 1 atom stereocenters. The number of pyridine rings is 3. The number of carbonyl (C=O) groups excluding carboxylic acids is 2. The van der Waals surface area contributed by atoms with Gasteiger partial charge in [0, 0.05) is 56.3 Å². The summed E-state index contributed by atoms with van der Waals surface area (Å²) in [7, 11) is 1.64. The first kappa shape index (κ1) is 34.1. The number of anilines is 3. The Bertz CT molecular complexity index is 1830. The van der Waals surface area contributed by atoms with Gasteiger partial charge in [0.05, 0.1) is 12.6 Å². The van der Waals surface area contributed by atoms with E-state index in [9.17, 15) is 19.5 Å². The van der Waals surface area contributed by atoms with Gasteiger partial charge in [-0.05, 0) is 61.1 Å². The molecule has 12 nitrogen and oxygen atoms in total. The summed E-state index contributed by atoms with van der Waals surface area (Å²) in [6.07, 6.45) is 8.11. The first-order valence-electron chi connectivity index (χ1n) is 15.9. The summed E-state index contributed by atoms with van der Waals surface area (Å²) in [4.78, 5) is 51.5. The van der Waals surface area contributed by atoms with Crippen LogP contribution in [0.5, 0.6) is 5.88 Å². The number of aryl methyl sites for hydroxylation is 1. The minimum atomic E-state index is -0.371. The second-order valence-corrected chi connectivity index (χ2v) is 13.0. The number of aliphatic hydroxyl groups is 1. The van der Waals surface area contributed by atoms with Crippen LogP contribution in [0, 0.1) is 5.41 Å². The van der Waals surface area contributed by atoms with Crippen molar-refractivity contribution in [3.8, 4) is 17.0 Å². The zero-order chi connectivity index (χ0) is 34.6. The SMILES string of the molecule is C=CC(=O)N[C@@H](C)COc1cccc(Nc2cc(-c3ccnc(N4CCN5CCC(C)(C)CC(=C)C=C5C4=O)c3CO)cn(C)c2=O)n1. The molecule has 5 rings (SSSR count). The van der Waals surface area contributed by atoms with E-state index in [4.69, 9.17) is 4.74 Å². The Morgan fingerprint density at radius 3 is 2.75 bits per heavy atom. The van der Waals surface area contributed by atoms with Gasteiger partial charge in [0.25, 0.3) is 11.5 Å². The molecule has 0 radical (unpaired) electrons. The van der Waals surface area contributed by atoms with Crippen LogP contribution < -0.4 is 25.8 Å². The number of hydrogen-bond donors (Lipinski definition) is 3. The molecular weight excluding hydrogens is 610 g/mol. The quantitative estimate of drug-likeness (QED) is 0.276. The largest absolute Gasteiger partial charge is 0.475 e. The highest BCUT2D eigenvalue weighted by molar-refractivity contribution is 6.06. The van der Waals surface area contributed by atoms with Crippen LogP contribution in [0.2, 0.25) is 0 Å². The molecule has 1 saturated heterocycles. The van der Waals surface area contributed by atoms with Crippen LogP contribution >= 0.6 is 0 Å². The molecule has 0 unspecified atom stereocenters. The van der Waals surface area contributed by atoms with E-state index in [1.165, 1.54) is 10.6 Å². The Morgan fingerprint density at radius 1 is 1.21 bits per heavy atom. The van der Waals surface area contributed by atoms with Crippen molar-refractivity contribution in [2.24, 2.45) is 12.5 Å². The number of piperazine rings is 1. The highest BCUT2D eigenvalue weighted by Crippen LogP contribution is 2.36. The first-order valence-corrected chi connectivity index (χ1v) is 15.9. The van der Waals surface area contributed by atoms with Gasteiger partial charge in [-0.25, -0.2) is 4.98 Å². The maximum atomic E-state index is 13.9. The van der Waals surface area contributed by atoms with Gasteiger partial charge >= 0.3 is 0 Å². The van der Waals surface area contributed by atoms with Crippen molar-refractivity contribution in [3.05, 3.63) is 95.2 Å². The third kappa shape index (κ3) is 7.66. The Hall–Kier alpha value is -5.23. The van der Waals surface area contributed by atoms with E-state index < -0.39 is 0 Å². The van der Waals surface area contributed by atoms with E-state index in [-0.39, 0.29) is 47.7 Å². The van der Waals surface area contributed by atoms with Crippen LogP contribution in [0.25, 0.3) is 11.1 Å². The first-order chi connectivity index (χ1) is 22.9. The van der Waals surface area contributed by atoms with Crippen LogP contribution in [0.4, 0.5) is 17.3 Å². The van der Waals surface area contributed by atoms with Gasteiger partial charge < -0.3 is 29.9 Å². The average molecular weight is 654 g/mol. The number of aliphatic hydroxyl groups excluding tert-OH is 1. The number of ether oxygens (including phenoxy) is 1. The predicted octanol–water partition coefficient (Wildman–Crippen LogP) is 4.06. The van der Waals surface area contributed by atoms with Crippen molar-refractivity contribution in [3.63, 3.8) is 0 Å². The average Bonchev–Trinajstić information content (AvgIpc) is 3.05. The van der Waals surface area contributed by atoms with E-state index in [1.54, 1.807) is 61.6 Å². The lowest BCUT2D eigenvalue weighted by Gasteiger charge is -2.41. The Labute approximate surface area is 280 Å². The van der Waals surface area contributed by atoms with Crippen LogP contribution in [0.3, 0.4) is 0 Å². The molecule has 2 aliphatic rings. The molecule has 2 amide bonds. The summed E-state index contributed by atoms with van der Waals surface area (Å²) in [5.74, 6) is 0.582. The number of amides is 2. The van der Waals surface area contributed by atoms with E-state index in [1.807, 2.05) is 6.08 Å². The number of aromatic nitrogens is 3. The van der Waals surface area contributed by atoms with Crippen LogP contribution in [0.1, 0.15) is 39.2 Å². The Kier molecular flexibility index (Phi) is 10.1. The zero-order valence-corrected chi connectivity index (χ0v) is 28.0. The van der Waals surface area contributed by atoms with Crippen molar-refractivity contribution in [2.75, 3.05) is 36.5 Å². The normalized spacial score (nSPS) is 16.6. The lowest BCUT2D eigenvalue weighted by Crippen LogP contribution is -2.50. The number of allylic oxidation sites excluding steroid dienone is 2. The minimum Gasteiger partial charge on any atom is -0.475 e. The molecule has 2 aliphatic heterocycles. The summed E-state index contributed by atoms with van der Waals surface area (Å²) in [5, 5.41) is 16.5. The summed E-state index contributed by atoms with van der Waals surface area (Å²) in [6, 6.07) is 8.30. The molecule has 0 spiro atoms. The topological polar surface area (TPSA) is 142 Å². The molecule has 3 aromatic heterocycles. The fourth-order valence-electron chi connectivity index (χ4n) is 6.03. The maximum absolute atomic E-state index is 13.9. The molecule has 12 heteroatoms. The smallest absolute Gasteiger partial charge is 0.275 e. The Balaban J connectivity index is 1.42. The molecule has 0 aromatic carbocycles. The summed E-state index contributed by atoms with van der Waals surface area (Å²) < 4.78 is 7.19. The van der Waals surface area contributed by atoms with Gasteiger partial charge in [-0.1, -0.05) is 38.6 Å². The van der Waals surface area contributed by atoms with Crippen molar-refractivity contribution >= 4 is 29.1 Å². The lowest BCUT2D eigenvalue weighted by molar-refractivity contribution is -0.118. The molecule has 3 N–H and O–H groups in total. The molecule has 3 aromatic rings. The van der Waals surface area contributed by atoms with Crippen LogP contribution in [-0.4, -0.2) is 68.6 Å². The number of rotatable bonds is 10. The van der Waals surface area contributed by atoms with Crippen molar-refractivity contribution in [1.82, 2.24) is 24.8 Å². The van der Waals surface area contributed by atoms with Gasteiger partial charge in [-0.15, -0.1) is 0 Å². The van der Waals surface area contributed by atoms with Crippen molar-refractivity contribution in [2.45, 2.75) is 46.3 Å². The monoisotopic (exact) mass is 653 g/mol. The van der Waals surface area contributed by atoms with E-state index in [0.717, 1.165) is 25.0 Å². The van der Waals surface area contributed by atoms with Gasteiger partial charge in [0.2, 0.25) is 11.8 Å². The molecule has 5 heterocycles. The number of fused-ring (bicyclic) bond motifs is 1. The van der Waals surface area contributed by atoms with Crippen molar-refractivity contribution < 1.29 is 19.4 Å². The highest BCUT2D eigenvalue weighted by Gasteiger charge is 2.35. The third-order valence-corrected chi connectivity index (χ3v) is 8.49. The fourth-order valence-corrected chi connectivity index (χ4v) is 6.03. The molecule has 48 heavy (non-hydrogen) atoms. The zero-order valence-electron chi connectivity index (χ0n) is 28.0. The summed E-state index contributed by atoms with van der Waals surface area (Å²) >= 11 is 0.